The van der Waals surface area contributed by atoms with E-state index >= 15 is 0 Å². The highest BCUT2D eigenvalue weighted by Crippen LogP contribution is 2.15. The first-order valence-electron chi connectivity index (χ1n) is 4.30. The van der Waals surface area contributed by atoms with Crippen molar-refractivity contribution in [2.45, 2.75) is 6.92 Å². The summed E-state index contributed by atoms with van der Waals surface area (Å²) >= 11 is 0. The molecular formula is C10H12N2O2. The van der Waals surface area contributed by atoms with Crippen LogP contribution < -0.4 is 5.32 Å². The maximum absolute atomic E-state index is 10.6. The van der Waals surface area contributed by atoms with E-state index in [1.54, 1.807) is 6.07 Å². The summed E-state index contributed by atoms with van der Waals surface area (Å²) in [6, 6.07) is 4.67. The fourth-order valence-electron chi connectivity index (χ4n) is 1.17. The number of carboxylic acid groups (broad SMARTS) is 1. The largest absolute Gasteiger partial charge is 0.478 e. The SMILES string of the molecule is CCNc1ccc(C(=O)O)cc1C=N. The van der Waals surface area contributed by atoms with Gasteiger partial charge in [0.2, 0.25) is 0 Å². The fraction of sp³-hybridized carbons (Fsp3) is 0.200. The second-order valence-electron chi connectivity index (χ2n) is 2.78. The number of hydrogen-bond acceptors (Lipinski definition) is 3. The first-order valence-corrected chi connectivity index (χ1v) is 4.30. The minimum atomic E-state index is -0.976. The van der Waals surface area contributed by atoms with Crippen LogP contribution in [-0.2, 0) is 0 Å². The molecule has 1 rings (SSSR count). The van der Waals surface area contributed by atoms with Crippen LogP contribution >= 0.6 is 0 Å². The third-order valence-electron chi connectivity index (χ3n) is 1.82. The van der Waals surface area contributed by atoms with Gasteiger partial charge in [-0.1, -0.05) is 0 Å². The van der Waals surface area contributed by atoms with Gasteiger partial charge in [0.05, 0.1) is 5.56 Å². The Labute approximate surface area is 82.1 Å². The van der Waals surface area contributed by atoms with Crippen LogP contribution in [-0.4, -0.2) is 23.8 Å². The molecule has 74 valence electrons. The molecule has 0 saturated heterocycles. The molecule has 0 heterocycles. The van der Waals surface area contributed by atoms with Gasteiger partial charge in [-0.2, -0.15) is 0 Å². The monoisotopic (exact) mass is 192 g/mol. The molecule has 0 aliphatic rings. The maximum atomic E-state index is 10.6. The summed E-state index contributed by atoms with van der Waals surface area (Å²) in [7, 11) is 0. The molecule has 0 unspecified atom stereocenters. The van der Waals surface area contributed by atoms with Crippen molar-refractivity contribution in [3.8, 4) is 0 Å². The quantitative estimate of drug-likeness (QED) is 0.637. The van der Waals surface area contributed by atoms with Crippen molar-refractivity contribution in [3.05, 3.63) is 29.3 Å². The number of carboxylic acids is 1. The molecule has 3 N–H and O–H groups in total. The molecule has 0 spiro atoms. The molecule has 0 radical (unpaired) electrons. The maximum Gasteiger partial charge on any atom is 0.335 e. The average Bonchev–Trinajstić information content (AvgIpc) is 2.18. The molecule has 0 fully saturated rings. The van der Waals surface area contributed by atoms with Crippen molar-refractivity contribution in [3.63, 3.8) is 0 Å². The topological polar surface area (TPSA) is 73.2 Å². The molecule has 0 amide bonds. The number of hydrogen-bond donors (Lipinski definition) is 3. The van der Waals surface area contributed by atoms with E-state index in [1.807, 2.05) is 6.92 Å². The van der Waals surface area contributed by atoms with Gasteiger partial charge in [-0.15, -0.1) is 0 Å². The highest BCUT2D eigenvalue weighted by Gasteiger charge is 2.05. The number of aromatic carboxylic acids is 1. The zero-order valence-corrected chi connectivity index (χ0v) is 7.87. The van der Waals surface area contributed by atoms with Crippen LogP contribution in [0.1, 0.15) is 22.8 Å². The van der Waals surface area contributed by atoms with Crippen LogP contribution in [0.5, 0.6) is 0 Å². The molecule has 0 aromatic heterocycles. The Morgan fingerprint density at radius 1 is 1.64 bits per heavy atom. The fourth-order valence-corrected chi connectivity index (χ4v) is 1.17. The van der Waals surface area contributed by atoms with Crippen molar-refractivity contribution in [1.29, 1.82) is 5.41 Å². The summed E-state index contributed by atoms with van der Waals surface area (Å²) in [5.41, 5.74) is 1.57. The van der Waals surface area contributed by atoms with Gasteiger partial charge in [0.1, 0.15) is 0 Å². The van der Waals surface area contributed by atoms with Gasteiger partial charge in [-0.05, 0) is 25.1 Å². The van der Waals surface area contributed by atoms with Crippen LogP contribution in [0.2, 0.25) is 0 Å². The van der Waals surface area contributed by atoms with Crippen LogP contribution in [0.4, 0.5) is 5.69 Å². The van der Waals surface area contributed by atoms with Gasteiger partial charge in [0.15, 0.2) is 0 Å². The lowest BCUT2D eigenvalue weighted by Crippen LogP contribution is -2.03. The summed E-state index contributed by atoms with van der Waals surface area (Å²) in [5.74, 6) is -0.976. The molecule has 0 atom stereocenters. The predicted molar refractivity (Wildman–Crippen MR) is 55.5 cm³/mol. The van der Waals surface area contributed by atoms with Crippen molar-refractivity contribution >= 4 is 17.9 Å². The van der Waals surface area contributed by atoms with Crippen LogP contribution in [0, 0.1) is 5.41 Å². The predicted octanol–water partition coefficient (Wildman–Crippen LogP) is 1.81. The summed E-state index contributed by atoms with van der Waals surface area (Å²) in [6.45, 7) is 2.69. The number of rotatable bonds is 4. The third kappa shape index (κ3) is 2.10. The normalized spacial score (nSPS) is 9.50. The van der Waals surface area contributed by atoms with E-state index in [4.69, 9.17) is 10.5 Å². The summed E-state index contributed by atoms with van der Waals surface area (Å²) in [5, 5.41) is 18.9. The van der Waals surface area contributed by atoms with E-state index < -0.39 is 5.97 Å². The van der Waals surface area contributed by atoms with Crippen LogP contribution in [0.25, 0.3) is 0 Å². The smallest absolute Gasteiger partial charge is 0.335 e. The minimum absolute atomic E-state index is 0.199. The molecule has 0 aliphatic heterocycles. The molecule has 0 bridgehead atoms. The van der Waals surface area contributed by atoms with Crippen molar-refractivity contribution in [2.75, 3.05) is 11.9 Å². The molecule has 4 heteroatoms. The minimum Gasteiger partial charge on any atom is -0.478 e. The van der Waals surface area contributed by atoms with E-state index in [2.05, 4.69) is 5.32 Å². The van der Waals surface area contributed by atoms with Gasteiger partial charge in [0, 0.05) is 24.0 Å². The molecule has 0 saturated carbocycles. The van der Waals surface area contributed by atoms with E-state index in [0.29, 0.717) is 5.56 Å². The standard InChI is InChI=1S/C10H12N2O2/c1-2-12-9-4-3-7(10(13)14)5-8(9)6-11/h3-6,11-12H,2H2,1H3,(H,13,14). The molecule has 4 nitrogen and oxygen atoms in total. The Bertz CT molecular complexity index is 361. The summed E-state index contributed by atoms with van der Waals surface area (Å²) < 4.78 is 0. The van der Waals surface area contributed by atoms with E-state index in [0.717, 1.165) is 18.4 Å². The average molecular weight is 192 g/mol. The number of anilines is 1. The summed E-state index contributed by atoms with van der Waals surface area (Å²) in [6.07, 6.45) is 1.14. The van der Waals surface area contributed by atoms with Crippen molar-refractivity contribution in [2.24, 2.45) is 0 Å². The van der Waals surface area contributed by atoms with Crippen molar-refractivity contribution < 1.29 is 9.90 Å². The third-order valence-corrected chi connectivity index (χ3v) is 1.82. The Morgan fingerprint density at radius 3 is 2.86 bits per heavy atom. The Kier molecular flexibility index (Phi) is 3.23. The number of carbonyl (C=O) groups is 1. The second-order valence-corrected chi connectivity index (χ2v) is 2.78. The highest BCUT2D eigenvalue weighted by molar-refractivity contribution is 5.93. The second kappa shape index (κ2) is 4.41. The lowest BCUT2D eigenvalue weighted by molar-refractivity contribution is 0.0697. The Morgan fingerprint density at radius 2 is 2.36 bits per heavy atom. The van der Waals surface area contributed by atoms with Crippen LogP contribution in [0.15, 0.2) is 18.2 Å². The first kappa shape index (κ1) is 10.2. The van der Waals surface area contributed by atoms with E-state index in [9.17, 15) is 4.79 Å². The highest BCUT2D eigenvalue weighted by atomic mass is 16.4. The Hall–Kier alpha value is -1.84. The zero-order valence-electron chi connectivity index (χ0n) is 7.87. The lowest BCUT2D eigenvalue weighted by Gasteiger charge is -2.07. The number of benzene rings is 1. The molecule has 0 aliphatic carbocycles. The van der Waals surface area contributed by atoms with Crippen molar-refractivity contribution in [1.82, 2.24) is 0 Å². The molecule has 1 aromatic carbocycles. The van der Waals surface area contributed by atoms with Gasteiger partial charge in [-0.25, -0.2) is 4.79 Å². The van der Waals surface area contributed by atoms with Gasteiger partial charge < -0.3 is 15.8 Å². The molecule has 1 aromatic rings. The number of nitrogens with one attached hydrogen (secondary N) is 2. The molecule has 14 heavy (non-hydrogen) atoms. The van der Waals surface area contributed by atoms with Crippen LogP contribution in [0.3, 0.4) is 0 Å². The molecular weight excluding hydrogens is 180 g/mol. The van der Waals surface area contributed by atoms with Gasteiger partial charge >= 0.3 is 5.97 Å². The Balaban J connectivity index is 3.11. The zero-order chi connectivity index (χ0) is 10.6. The van der Waals surface area contributed by atoms with Gasteiger partial charge in [-0.3, -0.25) is 0 Å². The summed E-state index contributed by atoms with van der Waals surface area (Å²) in [4.78, 5) is 10.6. The lowest BCUT2D eigenvalue weighted by atomic mass is 10.1. The first-order chi connectivity index (χ1) is 6.69. The van der Waals surface area contributed by atoms with E-state index in [1.165, 1.54) is 12.1 Å². The van der Waals surface area contributed by atoms with E-state index in [-0.39, 0.29) is 5.56 Å². The van der Waals surface area contributed by atoms with Gasteiger partial charge in [0.25, 0.3) is 0 Å².